The predicted molar refractivity (Wildman–Crippen MR) is 132 cm³/mol. The van der Waals surface area contributed by atoms with Crippen LogP contribution < -0.4 is 14.4 Å². The summed E-state index contributed by atoms with van der Waals surface area (Å²) in [5.74, 6) is 2.15. The molecule has 1 aromatic heterocycles. The van der Waals surface area contributed by atoms with Gasteiger partial charge in [-0.1, -0.05) is 25.5 Å². The molecule has 0 radical (unpaired) electrons. The summed E-state index contributed by atoms with van der Waals surface area (Å²) in [5, 5.41) is 8.75. The first-order valence-corrected chi connectivity index (χ1v) is 12.9. The van der Waals surface area contributed by atoms with Crippen LogP contribution in [0.4, 0.5) is 5.82 Å². The largest absolute Gasteiger partial charge is 0.496 e. The fourth-order valence-corrected chi connectivity index (χ4v) is 5.26. The zero-order chi connectivity index (χ0) is 24.0. The van der Waals surface area contributed by atoms with E-state index in [-0.39, 0.29) is 4.90 Å². The van der Waals surface area contributed by atoms with E-state index in [4.69, 9.17) is 9.47 Å². The second-order valence-corrected chi connectivity index (χ2v) is 9.98. The number of anilines is 1. The lowest BCUT2D eigenvalue weighted by Crippen LogP contribution is -2.48. The van der Waals surface area contributed by atoms with Crippen molar-refractivity contribution < 1.29 is 17.9 Å². The van der Waals surface area contributed by atoms with Crippen LogP contribution in [0.15, 0.2) is 65.6 Å². The number of hydrogen-bond donors (Lipinski definition) is 0. The molecule has 0 N–H and O–H groups in total. The van der Waals surface area contributed by atoms with Crippen molar-refractivity contribution in [2.45, 2.75) is 24.7 Å². The number of hydrogen-bond acceptors (Lipinski definition) is 7. The maximum Gasteiger partial charge on any atom is 0.243 e. The molecule has 2 aromatic carbocycles. The number of sulfonamides is 1. The Labute approximate surface area is 201 Å². The number of para-hydroxylation sites is 1. The van der Waals surface area contributed by atoms with E-state index in [0.717, 1.165) is 35.7 Å². The molecule has 8 nitrogen and oxygen atoms in total. The highest BCUT2D eigenvalue weighted by molar-refractivity contribution is 7.89. The monoisotopic (exact) mass is 482 g/mol. The molecule has 0 bridgehead atoms. The molecule has 34 heavy (non-hydrogen) atoms. The van der Waals surface area contributed by atoms with E-state index in [0.29, 0.717) is 38.5 Å². The van der Waals surface area contributed by atoms with E-state index in [1.807, 2.05) is 36.4 Å². The van der Waals surface area contributed by atoms with Crippen molar-refractivity contribution >= 4 is 15.8 Å². The number of ether oxygens (including phenoxy) is 2. The van der Waals surface area contributed by atoms with Gasteiger partial charge in [-0.15, -0.1) is 10.2 Å². The molecule has 0 spiro atoms. The molecule has 1 aliphatic rings. The van der Waals surface area contributed by atoms with E-state index in [1.54, 1.807) is 31.4 Å². The summed E-state index contributed by atoms with van der Waals surface area (Å²) < 4.78 is 38.7. The highest BCUT2D eigenvalue weighted by Crippen LogP contribution is 2.28. The molecule has 0 unspecified atom stereocenters. The second-order valence-electron chi connectivity index (χ2n) is 8.04. The highest BCUT2D eigenvalue weighted by atomic mass is 32.2. The van der Waals surface area contributed by atoms with Crippen LogP contribution in [0.3, 0.4) is 0 Å². The quantitative estimate of drug-likeness (QED) is 0.428. The smallest absolute Gasteiger partial charge is 0.243 e. The van der Waals surface area contributed by atoms with Crippen LogP contribution in [0.2, 0.25) is 0 Å². The highest BCUT2D eigenvalue weighted by Gasteiger charge is 2.29. The first kappa shape index (κ1) is 24.0. The number of rotatable bonds is 9. The van der Waals surface area contributed by atoms with Crippen molar-refractivity contribution in [3.8, 4) is 22.8 Å². The van der Waals surface area contributed by atoms with Gasteiger partial charge in [0.1, 0.15) is 11.5 Å². The maximum atomic E-state index is 13.1. The van der Waals surface area contributed by atoms with E-state index in [1.165, 1.54) is 4.31 Å². The maximum absolute atomic E-state index is 13.1. The molecule has 0 amide bonds. The van der Waals surface area contributed by atoms with Crippen molar-refractivity contribution in [2.75, 3.05) is 44.8 Å². The Kier molecular flexibility index (Phi) is 7.64. The molecular weight excluding hydrogens is 452 g/mol. The fraction of sp³-hybridized carbons (Fsp3) is 0.360. The molecule has 3 aromatic rings. The molecule has 1 aliphatic heterocycles. The van der Waals surface area contributed by atoms with Gasteiger partial charge in [0.05, 0.1) is 24.3 Å². The minimum absolute atomic E-state index is 0.282. The summed E-state index contributed by atoms with van der Waals surface area (Å²) in [6.07, 6.45) is 2.02. The Morgan fingerprint density at radius 1 is 0.912 bits per heavy atom. The molecule has 4 rings (SSSR count). The zero-order valence-electron chi connectivity index (χ0n) is 19.6. The van der Waals surface area contributed by atoms with Gasteiger partial charge in [-0.2, -0.15) is 4.31 Å². The molecule has 9 heteroatoms. The van der Waals surface area contributed by atoms with Crippen molar-refractivity contribution in [3.63, 3.8) is 0 Å². The number of nitrogens with zero attached hydrogens (tertiary/aromatic N) is 4. The second kappa shape index (κ2) is 10.8. The fourth-order valence-electron chi connectivity index (χ4n) is 3.84. The van der Waals surface area contributed by atoms with Gasteiger partial charge in [0, 0.05) is 31.7 Å². The normalized spacial score (nSPS) is 14.7. The summed E-state index contributed by atoms with van der Waals surface area (Å²) in [4.78, 5) is 2.33. The lowest BCUT2D eigenvalue weighted by atomic mass is 10.1. The van der Waals surface area contributed by atoms with Crippen LogP contribution in [0.1, 0.15) is 19.8 Å². The van der Waals surface area contributed by atoms with Gasteiger partial charge in [0.25, 0.3) is 0 Å². The first-order chi connectivity index (χ1) is 16.5. The van der Waals surface area contributed by atoms with Crippen LogP contribution in [0.25, 0.3) is 11.3 Å². The number of methoxy groups -OCH3 is 1. The first-order valence-electron chi connectivity index (χ1n) is 11.5. The summed E-state index contributed by atoms with van der Waals surface area (Å²) in [7, 11) is -1.93. The summed E-state index contributed by atoms with van der Waals surface area (Å²) in [6, 6.07) is 18.2. The van der Waals surface area contributed by atoms with Crippen molar-refractivity contribution in [3.05, 3.63) is 60.7 Å². The van der Waals surface area contributed by atoms with E-state index in [2.05, 4.69) is 22.0 Å². The number of unbranched alkanes of at least 4 members (excludes halogenated alkanes) is 1. The minimum atomic E-state index is -3.56. The average molecular weight is 483 g/mol. The van der Waals surface area contributed by atoms with Gasteiger partial charge in [-0.3, -0.25) is 0 Å². The Bertz CT molecular complexity index is 1180. The van der Waals surface area contributed by atoms with Gasteiger partial charge in [0.2, 0.25) is 10.0 Å². The summed E-state index contributed by atoms with van der Waals surface area (Å²) >= 11 is 0. The number of aromatic nitrogens is 2. The van der Waals surface area contributed by atoms with E-state index in [9.17, 15) is 8.42 Å². The minimum Gasteiger partial charge on any atom is -0.496 e. The summed E-state index contributed by atoms with van der Waals surface area (Å²) in [6.45, 7) is 4.58. The SMILES string of the molecule is CCCCOc1ccc(S(=O)(=O)N2CCN(c3ccc(-c4ccccc4OC)nn3)CC2)cc1. The molecule has 2 heterocycles. The molecule has 180 valence electrons. The molecule has 0 atom stereocenters. The van der Waals surface area contributed by atoms with Gasteiger partial charge < -0.3 is 14.4 Å². The Hall–Kier alpha value is -3.17. The average Bonchev–Trinajstić information content (AvgIpc) is 2.89. The predicted octanol–water partition coefficient (Wildman–Crippen LogP) is 3.84. The van der Waals surface area contributed by atoms with E-state index >= 15 is 0 Å². The van der Waals surface area contributed by atoms with Gasteiger partial charge in [0.15, 0.2) is 5.82 Å². The number of piperazine rings is 1. The lowest BCUT2D eigenvalue weighted by molar-refractivity contribution is 0.309. The van der Waals surface area contributed by atoms with Gasteiger partial charge in [-0.05, 0) is 55.0 Å². The third-order valence-electron chi connectivity index (χ3n) is 5.82. The Morgan fingerprint density at radius 3 is 2.29 bits per heavy atom. The molecule has 0 aliphatic carbocycles. The van der Waals surface area contributed by atoms with Crippen LogP contribution in [0, 0.1) is 0 Å². The molecule has 0 saturated carbocycles. The van der Waals surface area contributed by atoms with Crippen LogP contribution in [0.5, 0.6) is 11.5 Å². The molecule has 1 saturated heterocycles. The topological polar surface area (TPSA) is 84.9 Å². The zero-order valence-corrected chi connectivity index (χ0v) is 20.4. The van der Waals surface area contributed by atoms with Crippen molar-refractivity contribution in [2.24, 2.45) is 0 Å². The molecular formula is C25H30N4O4S. The van der Waals surface area contributed by atoms with Crippen LogP contribution >= 0.6 is 0 Å². The van der Waals surface area contributed by atoms with Gasteiger partial charge in [-0.25, -0.2) is 8.42 Å². The number of benzene rings is 2. The van der Waals surface area contributed by atoms with Crippen molar-refractivity contribution in [1.29, 1.82) is 0 Å². The third kappa shape index (κ3) is 5.31. The third-order valence-corrected chi connectivity index (χ3v) is 7.74. The van der Waals surface area contributed by atoms with Crippen LogP contribution in [-0.2, 0) is 10.0 Å². The van der Waals surface area contributed by atoms with Crippen LogP contribution in [-0.4, -0.2) is 62.8 Å². The molecule has 1 fully saturated rings. The van der Waals surface area contributed by atoms with Gasteiger partial charge >= 0.3 is 0 Å². The standard InChI is InChI=1S/C25H30N4O4S/c1-3-4-19-33-20-9-11-21(12-10-20)34(30,31)29-17-15-28(16-18-29)25-14-13-23(26-27-25)22-7-5-6-8-24(22)32-2/h5-14H,3-4,15-19H2,1-2H3. The Balaban J connectivity index is 1.38. The van der Waals surface area contributed by atoms with E-state index < -0.39 is 10.0 Å². The van der Waals surface area contributed by atoms with Crippen molar-refractivity contribution in [1.82, 2.24) is 14.5 Å². The summed E-state index contributed by atoms with van der Waals surface area (Å²) in [5.41, 5.74) is 1.60. The Morgan fingerprint density at radius 2 is 1.65 bits per heavy atom. The lowest BCUT2D eigenvalue weighted by Gasteiger charge is -2.34.